The number of alkyl halides is 3. The molecule has 1 N–H and O–H groups in total. The van der Waals surface area contributed by atoms with Gasteiger partial charge in [0.1, 0.15) is 16.5 Å². The van der Waals surface area contributed by atoms with Crippen LogP contribution in [0.3, 0.4) is 0 Å². The van der Waals surface area contributed by atoms with E-state index in [4.69, 9.17) is 21.1 Å². The van der Waals surface area contributed by atoms with E-state index in [1.54, 1.807) is 13.2 Å². The van der Waals surface area contributed by atoms with Crippen LogP contribution in [0.25, 0.3) is 5.57 Å². The van der Waals surface area contributed by atoms with Crippen molar-refractivity contribution in [2.45, 2.75) is 6.18 Å². The van der Waals surface area contributed by atoms with Crippen LogP contribution < -0.4 is 14.8 Å². The van der Waals surface area contributed by atoms with Crippen LogP contribution in [0.2, 0.25) is 5.02 Å². The van der Waals surface area contributed by atoms with Gasteiger partial charge in [-0.2, -0.15) is 13.2 Å². The van der Waals surface area contributed by atoms with Gasteiger partial charge in [-0.25, -0.2) is 0 Å². The maximum absolute atomic E-state index is 12.7. The fourth-order valence-corrected chi connectivity index (χ4v) is 2.50. The highest BCUT2D eigenvalue weighted by molar-refractivity contribution is 6.33. The molecule has 0 unspecified atom stereocenters. The number of halogens is 4. The van der Waals surface area contributed by atoms with Crippen LogP contribution in [-0.2, 0) is 6.18 Å². The lowest BCUT2D eigenvalue weighted by molar-refractivity contribution is -0.137. The van der Waals surface area contributed by atoms with Gasteiger partial charge in [-0.1, -0.05) is 11.6 Å². The molecule has 1 aromatic heterocycles. The molecule has 0 bridgehead atoms. The highest BCUT2D eigenvalue weighted by atomic mass is 35.5. The van der Waals surface area contributed by atoms with E-state index in [-0.39, 0.29) is 11.6 Å². The van der Waals surface area contributed by atoms with Crippen LogP contribution >= 0.6 is 11.6 Å². The van der Waals surface area contributed by atoms with E-state index in [0.717, 1.165) is 12.1 Å². The maximum Gasteiger partial charge on any atom is 0.416 e. The standard InChI is InChI=1S/C18H17ClF3N3O2/c1-23-8-14(13-9-25-10-15(19)16(13)26-3)17(24-2)27-12-6-4-11(5-7-12)18(20,21)22/h4-10,23H,1-3H3/b14-8-,24-17+. The third kappa shape index (κ3) is 4.91. The summed E-state index contributed by atoms with van der Waals surface area (Å²) >= 11 is 6.12. The van der Waals surface area contributed by atoms with E-state index in [1.807, 2.05) is 0 Å². The predicted octanol–water partition coefficient (Wildman–Crippen LogP) is 4.43. The number of rotatable bonds is 5. The number of ether oxygens (including phenoxy) is 2. The molecular weight excluding hydrogens is 383 g/mol. The molecule has 1 heterocycles. The minimum Gasteiger partial charge on any atom is -0.494 e. The van der Waals surface area contributed by atoms with Crippen LogP contribution in [-0.4, -0.2) is 32.1 Å². The van der Waals surface area contributed by atoms with Gasteiger partial charge >= 0.3 is 6.18 Å². The minimum absolute atomic E-state index is 0.145. The molecule has 0 saturated carbocycles. The number of aromatic nitrogens is 1. The topological polar surface area (TPSA) is 55.7 Å². The Morgan fingerprint density at radius 3 is 2.41 bits per heavy atom. The van der Waals surface area contributed by atoms with Crippen molar-refractivity contribution in [1.29, 1.82) is 0 Å². The molecule has 0 atom stereocenters. The quantitative estimate of drug-likeness (QED) is 0.597. The minimum atomic E-state index is -4.42. The molecule has 2 aromatic rings. The first-order valence-corrected chi connectivity index (χ1v) is 8.07. The highest BCUT2D eigenvalue weighted by Gasteiger charge is 2.30. The Morgan fingerprint density at radius 1 is 1.22 bits per heavy atom. The van der Waals surface area contributed by atoms with Crippen molar-refractivity contribution in [2.24, 2.45) is 4.99 Å². The van der Waals surface area contributed by atoms with Crippen LogP contribution in [0.5, 0.6) is 11.5 Å². The number of pyridine rings is 1. The first kappa shape index (κ1) is 20.6. The summed E-state index contributed by atoms with van der Waals surface area (Å²) in [6, 6.07) is 4.31. The zero-order valence-electron chi connectivity index (χ0n) is 14.8. The van der Waals surface area contributed by atoms with Gasteiger partial charge in [0.25, 0.3) is 0 Å². The summed E-state index contributed by atoms with van der Waals surface area (Å²) in [6.45, 7) is 0. The molecule has 0 aliphatic rings. The number of nitrogens with zero attached hydrogens (tertiary/aromatic N) is 2. The Balaban J connectivity index is 2.39. The third-order valence-electron chi connectivity index (χ3n) is 3.47. The molecular formula is C18H17ClF3N3O2. The molecule has 1 aromatic carbocycles. The summed E-state index contributed by atoms with van der Waals surface area (Å²) in [5, 5.41) is 3.16. The lowest BCUT2D eigenvalue weighted by atomic mass is 10.1. The molecule has 0 saturated heterocycles. The smallest absolute Gasteiger partial charge is 0.416 e. The lowest BCUT2D eigenvalue weighted by Crippen LogP contribution is -2.15. The maximum atomic E-state index is 12.7. The monoisotopic (exact) mass is 399 g/mol. The molecule has 27 heavy (non-hydrogen) atoms. The van der Waals surface area contributed by atoms with Gasteiger partial charge in [0.05, 0.1) is 23.8 Å². The van der Waals surface area contributed by atoms with Crippen molar-refractivity contribution in [3.05, 3.63) is 59.0 Å². The zero-order chi connectivity index (χ0) is 20.0. The summed E-state index contributed by atoms with van der Waals surface area (Å²) in [5.41, 5.74) is 0.204. The fourth-order valence-electron chi connectivity index (χ4n) is 2.27. The number of nitrogens with one attached hydrogen (secondary N) is 1. The van der Waals surface area contributed by atoms with Crippen LogP contribution in [0.15, 0.2) is 47.9 Å². The normalized spacial score (nSPS) is 12.7. The summed E-state index contributed by atoms with van der Waals surface area (Å²) in [7, 11) is 4.63. The Labute approximate surface area is 159 Å². The molecule has 0 aliphatic carbocycles. The van der Waals surface area contributed by atoms with E-state index >= 15 is 0 Å². The van der Waals surface area contributed by atoms with Gasteiger partial charge in [0.15, 0.2) is 0 Å². The van der Waals surface area contributed by atoms with Crippen molar-refractivity contribution >= 4 is 23.1 Å². The first-order valence-electron chi connectivity index (χ1n) is 7.69. The number of benzene rings is 1. The second kappa shape index (κ2) is 8.77. The Morgan fingerprint density at radius 2 is 1.89 bits per heavy atom. The van der Waals surface area contributed by atoms with Crippen molar-refractivity contribution in [3.63, 3.8) is 0 Å². The molecule has 144 valence electrons. The summed E-state index contributed by atoms with van der Waals surface area (Å²) < 4.78 is 49.1. The van der Waals surface area contributed by atoms with Crippen molar-refractivity contribution < 1.29 is 22.6 Å². The summed E-state index contributed by atoms with van der Waals surface area (Å²) in [4.78, 5) is 8.13. The van der Waals surface area contributed by atoms with Crippen molar-refractivity contribution in [2.75, 3.05) is 21.2 Å². The largest absolute Gasteiger partial charge is 0.494 e. The average Bonchev–Trinajstić information content (AvgIpc) is 2.64. The fraction of sp³-hybridized carbons (Fsp3) is 0.222. The third-order valence-corrected chi connectivity index (χ3v) is 3.73. The van der Waals surface area contributed by atoms with E-state index in [0.29, 0.717) is 21.9 Å². The zero-order valence-corrected chi connectivity index (χ0v) is 15.5. The molecule has 2 rings (SSSR count). The second-order valence-corrected chi connectivity index (χ2v) is 5.61. The van der Waals surface area contributed by atoms with Gasteiger partial charge in [0.2, 0.25) is 5.90 Å². The average molecular weight is 400 g/mol. The van der Waals surface area contributed by atoms with Gasteiger partial charge in [-0.05, 0) is 24.3 Å². The Hall–Kier alpha value is -2.74. The number of hydrogen-bond acceptors (Lipinski definition) is 5. The van der Waals surface area contributed by atoms with E-state index in [1.165, 1.54) is 38.7 Å². The predicted molar refractivity (Wildman–Crippen MR) is 98.3 cm³/mol. The number of hydrogen-bond donors (Lipinski definition) is 1. The molecule has 0 radical (unpaired) electrons. The van der Waals surface area contributed by atoms with Crippen LogP contribution in [0.1, 0.15) is 11.1 Å². The van der Waals surface area contributed by atoms with Crippen molar-refractivity contribution in [3.8, 4) is 11.5 Å². The van der Waals surface area contributed by atoms with Crippen LogP contribution in [0.4, 0.5) is 13.2 Å². The summed E-state index contributed by atoms with van der Waals surface area (Å²) in [5.74, 6) is 0.705. The lowest BCUT2D eigenvalue weighted by Gasteiger charge is -2.16. The summed E-state index contributed by atoms with van der Waals surface area (Å²) in [6.07, 6.45) is 0.134. The first-order chi connectivity index (χ1) is 12.8. The highest BCUT2D eigenvalue weighted by Crippen LogP contribution is 2.34. The van der Waals surface area contributed by atoms with E-state index in [9.17, 15) is 13.2 Å². The van der Waals surface area contributed by atoms with Crippen LogP contribution in [0, 0.1) is 0 Å². The van der Waals surface area contributed by atoms with Gasteiger partial charge < -0.3 is 14.8 Å². The van der Waals surface area contributed by atoms with Gasteiger partial charge in [-0.3, -0.25) is 9.98 Å². The second-order valence-electron chi connectivity index (χ2n) is 5.20. The van der Waals surface area contributed by atoms with Gasteiger partial charge in [0, 0.05) is 32.7 Å². The number of aliphatic imine (C=N–C) groups is 1. The Bertz CT molecular complexity index is 850. The number of methoxy groups -OCH3 is 1. The Kier molecular flexibility index (Phi) is 6.68. The van der Waals surface area contributed by atoms with Crippen molar-refractivity contribution in [1.82, 2.24) is 10.3 Å². The molecule has 0 aliphatic heterocycles. The molecule has 0 fully saturated rings. The van der Waals surface area contributed by atoms with E-state index < -0.39 is 11.7 Å². The molecule has 0 spiro atoms. The van der Waals surface area contributed by atoms with Gasteiger partial charge in [-0.15, -0.1) is 0 Å². The van der Waals surface area contributed by atoms with E-state index in [2.05, 4.69) is 15.3 Å². The SMILES string of the molecule is C/N=C(Oc1ccc(C(F)(F)F)cc1)\C(=C/NC)c1cncc(Cl)c1OC. The molecule has 0 amide bonds. The molecule has 9 heteroatoms. The molecule has 5 nitrogen and oxygen atoms in total.